The summed E-state index contributed by atoms with van der Waals surface area (Å²) >= 11 is 0. The number of pyridine rings is 1. The summed E-state index contributed by atoms with van der Waals surface area (Å²) in [5.41, 5.74) is 2.80. The number of hydrogen-bond donors (Lipinski definition) is 0. The van der Waals surface area contributed by atoms with Crippen LogP contribution in [0.2, 0.25) is 0 Å². The van der Waals surface area contributed by atoms with Crippen LogP contribution in [-0.4, -0.2) is 38.0 Å². The Balaban J connectivity index is 1.48. The fraction of sp³-hybridized carbons (Fsp3) is 0.316. The van der Waals surface area contributed by atoms with Crippen LogP contribution in [0, 0.1) is 5.95 Å². The fourth-order valence-corrected chi connectivity index (χ4v) is 3.54. The van der Waals surface area contributed by atoms with E-state index in [0.717, 1.165) is 36.5 Å². The van der Waals surface area contributed by atoms with Crippen LogP contribution >= 0.6 is 0 Å². The van der Waals surface area contributed by atoms with Gasteiger partial charge in [-0.2, -0.15) is 4.39 Å². The molecule has 0 amide bonds. The maximum atomic E-state index is 14.1. The largest absolute Gasteiger partial charge is 0.371 e. The van der Waals surface area contributed by atoms with Crippen molar-refractivity contribution in [3.8, 4) is 11.6 Å². The Kier molecular flexibility index (Phi) is 3.70. The molecule has 0 aromatic carbocycles. The molecule has 0 spiro atoms. The molecule has 2 aliphatic rings. The van der Waals surface area contributed by atoms with E-state index in [9.17, 15) is 4.39 Å². The zero-order chi connectivity index (χ0) is 18.4. The average Bonchev–Trinajstić information content (AvgIpc) is 2.97. The van der Waals surface area contributed by atoms with Crippen LogP contribution in [0.1, 0.15) is 30.6 Å². The number of anilines is 2. The maximum absolute atomic E-state index is 14.1. The van der Waals surface area contributed by atoms with Crippen molar-refractivity contribution in [2.45, 2.75) is 25.9 Å². The van der Waals surface area contributed by atoms with Gasteiger partial charge in [-0.25, -0.2) is 24.9 Å². The van der Waals surface area contributed by atoms with E-state index in [2.05, 4.69) is 41.6 Å². The number of hydrogen-bond acceptors (Lipinski definition) is 7. The van der Waals surface area contributed by atoms with Crippen molar-refractivity contribution in [3.63, 3.8) is 0 Å². The van der Waals surface area contributed by atoms with Crippen LogP contribution < -0.4 is 9.80 Å². The number of aromatic nitrogens is 5. The summed E-state index contributed by atoms with van der Waals surface area (Å²) in [5, 5.41) is 0. The van der Waals surface area contributed by atoms with Gasteiger partial charge < -0.3 is 9.80 Å². The van der Waals surface area contributed by atoms with Gasteiger partial charge in [0.25, 0.3) is 0 Å². The van der Waals surface area contributed by atoms with E-state index in [0.29, 0.717) is 24.0 Å². The van der Waals surface area contributed by atoms with Crippen molar-refractivity contribution >= 4 is 11.5 Å². The molecule has 0 radical (unpaired) electrons. The van der Waals surface area contributed by atoms with Crippen molar-refractivity contribution in [2.24, 2.45) is 0 Å². The summed E-state index contributed by atoms with van der Waals surface area (Å²) in [6, 6.07) is 5.23. The molecule has 1 saturated heterocycles. The molecule has 0 N–H and O–H groups in total. The van der Waals surface area contributed by atoms with E-state index in [4.69, 9.17) is 0 Å². The summed E-state index contributed by atoms with van der Waals surface area (Å²) in [4.78, 5) is 25.8. The SMILES string of the molecule is CC1c2cnc(-c3ncccn3)nc2CN1c1cc(N2CCC2)cc(F)n1. The van der Waals surface area contributed by atoms with E-state index in [1.165, 1.54) is 6.07 Å². The monoisotopic (exact) mass is 363 g/mol. The zero-order valence-electron chi connectivity index (χ0n) is 14.9. The maximum Gasteiger partial charge on any atom is 0.216 e. The van der Waals surface area contributed by atoms with E-state index < -0.39 is 5.95 Å². The Morgan fingerprint density at radius 3 is 2.59 bits per heavy atom. The number of fused-ring (bicyclic) bond motifs is 1. The van der Waals surface area contributed by atoms with Gasteiger partial charge in [0.05, 0.1) is 18.3 Å². The molecule has 1 unspecified atom stereocenters. The van der Waals surface area contributed by atoms with Crippen molar-refractivity contribution < 1.29 is 4.39 Å². The molecule has 8 heteroatoms. The van der Waals surface area contributed by atoms with Gasteiger partial charge in [0.2, 0.25) is 5.95 Å². The van der Waals surface area contributed by atoms with E-state index in [1.54, 1.807) is 18.5 Å². The Bertz CT molecular complexity index is 991. The first-order valence-corrected chi connectivity index (χ1v) is 9.01. The highest BCUT2D eigenvalue weighted by Gasteiger charge is 2.31. The molecule has 0 saturated carbocycles. The first-order chi connectivity index (χ1) is 13.2. The van der Waals surface area contributed by atoms with Gasteiger partial charge in [0, 0.05) is 55.1 Å². The fourth-order valence-electron chi connectivity index (χ4n) is 3.54. The molecule has 3 aromatic rings. The number of halogens is 1. The molecule has 27 heavy (non-hydrogen) atoms. The van der Waals surface area contributed by atoms with Gasteiger partial charge in [-0.05, 0) is 19.4 Å². The molecule has 3 aromatic heterocycles. The van der Waals surface area contributed by atoms with Gasteiger partial charge in [-0.3, -0.25) is 0 Å². The zero-order valence-corrected chi connectivity index (χ0v) is 14.9. The lowest BCUT2D eigenvalue weighted by Gasteiger charge is -2.34. The van der Waals surface area contributed by atoms with Crippen LogP contribution in [-0.2, 0) is 6.54 Å². The molecule has 2 aliphatic heterocycles. The lowest BCUT2D eigenvalue weighted by Crippen LogP contribution is -2.37. The molecule has 0 aliphatic carbocycles. The Morgan fingerprint density at radius 2 is 1.85 bits per heavy atom. The summed E-state index contributed by atoms with van der Waals surface area (Å²) in [7, 11) is 0. The van der Waals surface area contributed by atoms with Crippen molar-refractivity contribution in [3.05, 3.63) is 54.0 Å². The van der Waals surface area contributed by atoms with Crippen molar-refractivity contribution in [2.75, 3.05) is 22.9 Å². The van der Waals surface area contributed by atoms with Crippen molar-refractivity contribution in [1.82, 2.24) is 24.9 Å². The topological polar surface area (TPSA) is 70.9 Å². The van der Waals surface area contributed by atoms with Crippen LogP contribution in [0.5, 0.6) is 0 Å². The summed E-state index contributed by atoms with van der Waals surface area (Å²) < 4.78 is 14.1. The Hall–Kier alpha value is -3.16. The second-order valence-corrected chi connectivity index (χ2v) is 6.82. The minimum absolute atomic E-state index is 0.0179. The standard InChI is InChI=1S/C19H18FN7/c1-12-14-10-23-19(18-21-4-2-5-22-18)24-15(14)11-27(12)17-9-13(8-16(20)25-17)26-6-3-7-26/h2,4-5,8-10,12H,3,6-7,11H2,1H3. The molecular formula is C19H18FN7. The Morgan fingerprint density at radius 1 is 1.04 bits per heavy atom. The van der Waals surface area contributed by atoms with Crippen LogP contribution in [0.25, 0.3) is 11.6 Å². The van der Waals surface area contributed by atoms with Crippen LogP contribution in [0.3, 0.4) is 0 Å². The van der Waals surface area contributed by atoms with Crippen molar-refractivity contribution in [1.29, 1.82) is 0 Å². The first-order valence-electron chi connectivity index (χ1n) is 9.01. The minimum atomic E-state index is -0.456. The third kappa shape index (κ3) is 2.77. The molecule has 0 bridgehead atoms. The molecular weight excluding hydrogens is 345 g/mol. The highest BCUT2D eigenvalue weighted by molar-refractivity contribution is 5.59. The van der Waals surface area contributed by atoms with Gasteiger partial charge in [-0.15, -0.1) is 0 Å². The van der Waals surface area contributed by atoms with Crippen LogP contribution in [0.4, 0.5) is 15.9 Å². The second-order valence-electron chi connectivity index (χ2n) is 6.82. The average molecular weight is 363 g/mol. The molecule has 1 atom stereocenters. The molecule has 7 nitrogen and oxygen atoms in total. The summed E-state index contributed by atoms with van der Waals surface area (Å²) in [6.07, 6.45) is 6.29. The smallest absolute Gasteiger partial charge is 0.216 e. The Labute approximate surface area is 156 Å². The molecule has 5 rings (SSSR count). The quantitative estimate of drug-likeness (QED) is 0.663. The normalized spacial score (nSPS) is 18.4. The molecule has 136 valence electrons. The highest BCUT2D eigenvalue weighted by atomic mass is 19.1. The van der Waals surface area contributed by atoms with Crippen LogP contribution in [0.15, 0.2) is 36.8 Å². The molecule has 1 fully saturated rings. The summed E-state index contributed by atoms with van der Waals surface area (Å²) in [5.74, 6) is 1.16. The molecule has 5 heterocycles. The first kappa shape index (κ1) is 16.0. The predicted octanol–water partition coefficient (Wildman–Crippen LogP) is 2.76. The van der Waals surface area contributed by atoms with Gasteiger partial charge in [0.1, 0.15) is 5.82 Å². The third-order valence-electron chi connectivity index (χ3n) is 5.18. The lowest BCUT2D eigenvalue weighted by atomic mass is 10.1. The van der Waals surface area contributed by atoms with E-state index >= 15 is 0 Å². The second kappa shape index (κ2) is 6.22. The van der Waals surface area contributed by atoms with Gasteiger partial charge in [0.15, 0.2) is 11.6 Å². The van der Waals surface area contributed by atoms with Gasteiger partial charge >= 0.3 is 0 Å². The summed E-state index contributed by atoms with van der Waals surface area (Å²) in [6.45, 7) is 4.54. The lowest BCUT2D eigenvalue weighted by molar-refractivity contribution is 0.569. The minimum Gasteiger partial charge on any atom is -0.371 e. The highest BCUT2D eigenvalue weighted by Crippen LogP contribution is 2.37. The number of rotatable bonds is 3. The predicted molar refractivity (Wildman–Crippen MR) is 98.7 cm³/mol. The van der Waals surface area contributed by atoms with E-state index in [-0.39, 0.29) is 6.04 Å². The van der Waals surface area contributed by atoms with E-state index in [1.807, 2.05) is 12.3 Å². The number of nitrogens with zero attached hydrogens (tertiary/aromatic N) is 7. The third-order valence-corrected chi connectivity index (χ3v) is 5.18. The van der Waals surface area contributed by atoms with Gasteiger partial charge in [-0.1, -0.05) is 0 Å².